The first-order chi connectivity index (χ1) is 8.35. The first kappa shape index (κ1) is 10.7. The molecule has 0 aromatic carbocycles. The van der Waals surface area contributed by atoms with Crippen LogP contribution in [0.3, 0.4) is 0 Å². The topological polar surface area (TPSA) is 85.1 Å². The van der Waals surface area contributed by atoms with Gasteiger partial charge in [0.15, 0.2) is 0 Å². The zero-order valence-corrected chi connectivity index (χ0v) is 9.65. The highest BCUT2D eigenvalue weighted by molar-refractivity contribution is 5.48. The molecule has 1 unspecified atom stereocenters. The molecular weight excluding hydrogens is 218 g/mol. The molecule has 1 aliphatic carbocycles. The normalized spacial score (nSPS) is 23.7. The summed E-state index contributed by atoms with van der Waals surface area (Å²) < 4.78 is 5.33. The second-order valence-corrected chi connectivity index (χ2v) is 4.62. The van der Waals surface area contributed by atoms with Gasteiger partial charge in [-0.3, -0.25) is 0 Å². The number of aromatic nitrogens is 2. The number of hydrogen-bond acceptors (Lipinski definition) is 6. The minimum absolute atomic E-state index is 0.350. The quantitative estimate of drug-likeness (QED) is 0.529. The predicted molar refractivity (Wildman–Crippen MR) is 64.7 cm³/mol. The molecule has 1 aromatic heterocycles. The third kappa shape index (κ3) is 2.48. The first-order valence-corrected chi connectivity index (χ1v) is 6.05. The molecule has 1 saturated heterocycles. The molecular formula is C11H17N5O. The Morgan fingerprint density at radius 3 is 2.71 bits per heavy atom. The minimum atomic E-state index is 0.350. The first-order valence-electron chi connectivity index (χ1n) is 6.05. The van der Waals surface area contributed by atoms with Crippen molar-refractivity contribution in [3.8, 4) is 0 Å². The summed E-state index contributed by atoms with van der Waals surface area (Å²) >= 11 is 0. The van der Waals surface area contributed by atoms with Crippen molar-refractivity contribution < 1.29 is 4.74 Å². The van der Waals surface area contributed by atoms with Crippen molar-refractivity contribution in [2.24, 2.45) is 5.84 Å². The molecule has 2 heterocycles. The monoisotopic (exact) mass is 235 g/mol. The van der Waals surface area contributed by atoms with Crippen molar-refractivity contribution in [3.63, 3.8) is 0 Å². The van der Waals surface area contributed by atoms with Crippen LogP contribution in [0.1, 0.15) is 31.0 Å². The Bertz CT molecular complexity index is 401. The van der Waals surface area contributed by atoms with Gasteiger partial charge < -0.3 is 15.5 Å². The molecule has 1 saturated carbocycles. The number of anilines is 2. The van der Waals surface area contributed by atoms with E-state index >= 15 is 0 Å². The molecule has 3 rings (SSSR count). The average Bonchev–Trinajstić information content (AvgIpc) is 3.09. The van der Waals surface area contributed by atoms with Crippen molar-refractivity contribution in [3.05, 3.63) is 11.9 Å². The van der Waals surface area contributed by atoms with Gasteiger partial charge in [0.25, 0.3) is 0 Å². The van der Waals surface area contributed by atoms with Crippen molar-refractivity contribution in [1.82, 2.24) is 9.97 Å². The summed E-state index contributed by atoms with van der Waals surface area (Å²) in [5.74, 6) is 8.34. The summed E-state index contributed by atoms with van der Waals surface area (Å²) in [5, 5.41) is 3.37. The van der Waals surface area contributed by atoms with Crippen molar-refractivity contribution in [2.45, 2.75) is 31.2 Å². The van der Waals surface area contributed by atoms with Crippen LogP contribution in [0, 0.1) is 0 Å². The maximum Gasteiger partial charge on any atom is 0.145 e. The highest BCUT2D eigenvalue weighted by atomic mass is 16.5. The van der Waals surface area contributed by atoms with Gasteiger partial charge >= 0.3 is 0 Å². The number of hydrogen-bond donors (Lipinski definition) is 3. The van der Waals surface area contributed by atoms with Crippen LogP contribution in [0.4, 0.5) is 11.6 Å². The van der Waals surface area contributed by atoms with E-state index < -0.39 is 0 Å². The summed E-state index contributed by atoms with van der Waals surface area (Å²) in [7, 11) is 0. The van der Waals surface area contributed by atoms with E-state index in [1.807, 2.05) is 6.07 Å². The fourth-order valence-electron chi connectivity index (χ4n) is 2.00. The Hall–Kier alpha value is -1.40. The molecule has 0 radical (unpaired) electrons. The van der Waals surface area contributed by atoms with Crippen molar-refractivity contribution in [1.29, 1.82) is 0 Å². The maximum atomic E-state index is 5.42. The molecule has 6 nitrogen and oxygen atoms in total. The van der Waals surface area contributed by atoms with Crippen LogP contribution in [0.5, 0.6) is 0 Å². The molecule has 6 heteroatoms. The largest absolute Gasteiger partial charge is 0.379 e. The van der Waals surface area contributed by atoms with Crippen LogP contribution in [-0.4, -0.2) is 29.2 Å². The predicted octanol–water partition coefficient (Wildman–Crippen LogP) is 0.840. The van der Waals surface area contributed by atoms with Crippen LogP contribution in [-0.2, 0) is 4.74 Å². The van der Waals surface area contributed by atoms with Crippen molar-refractivity contribution in [2.75, 3.05) is 24.0 Å². The Labute approximate surface area is 99.9 Å². The van der Waals surface area contributed by atoms with E-state index in [0.29, 0.717) is 17.8 Å². The Balaban J connectivity index is 1.78. The van der Waals surface area contributed by atoms with E-state index in [4.69, 9.17) is 10.6 Å². The van der Waals surface area contributed by atoms with E-state index in [-0.39, 0.29) is 0 Å². The van der Waals surface area contributed by atoms with E-state index in [9.17, 15) is 0 Å². The fourth-order valence-corrected chi connectivity index (χ4v) is 2.00. The molecule has 2 fully saturated rings. The third-order valence-electron chi connectivity index (χ3n) is 3.12. The standard InChI is InChI=1S/C11H17N5O/c12-16-10-5-9(13-8-3-4-17-6-8)14-11(15-10)7-1-2-7/h5,7-8H,1-4,6,12H2,(H2,13,14,15,16). The molecule has 0 amide bonds. The second kappa shape index (κ2) is 4.46. The Morgan fingerprint density at radius 2 is 2.06 bits per heavy atom. The van der Waals surface area contributed by atoms with E-state index in [1.54, 1.807) is 0 Å². The average molecular weight is 235 g/mol. The van der Waals surface area contributed by atoms with Gasteiger partial charge in [0.1, 0.15) is 17.5 Å². The highest BCUT2D eigenvalue weighted by Crippen LogP contribution is 2.38. The molecule has 17 heavy (non-hydrogen) atoms. The third-order valence-corrected chi connectivity index (χ3v) is 3.12. The van der Waals surface area contributed by atoms with Crippen LogP contribution < -0.4 is 16.6 Å². The molecule has 1 atom stereocenters. The Morgan fingerprint density at radius 1 is 1.24 bits per heavy atom. The number of ether oxygens (including phenoxy) is 1. The van der Waals surface area contributed by atoms with Crippen LogP contribution in [0.2, 0.25) is 0 Å². The van der Waals surface area contributed by atoms with E-state index in [1.165, 1.54) is 12.8 Å². The molecule has 2 aliphatic rings. The molecule has 92 valence electrons. The number of nitrogens with zero attached hydrogens (tertiary/aromatic N) is 2. The van der Waals surface area contributed by atoms with Gasteiger partial charge in [-0.25, -0.2) is 15.8 Å². The smallest absolute Gasteiger partial charge is 0.145 e. The van der Waals surface area contributed by atoms with Gasteiger partial charge in [0, 0.05) is 18.6 Å². The SMILES string of the molecule is NNc1cc(NC2CCOC2)nc(C2CC2)n1. The lowest BCUT2D eigenvalue weighted by Gasteiger charge is -2.13. The van der Waals surface area contributed by atoms with E-state index in [2.05, 4.69) is 20.7 Å². The lowest BCUT2D eigenvalue weighted by molar-refractivity contribution is 0.195. The lowest BCUT2D eigenvalue weighted by atomic mass is 10.2. The maximum absolute atomic E-state index is 5.42. The minimum Gasteiger partial charge on any atom is -0.379 e. The van der Waals surface area contributed by atoms with Gasteiger partial charge in [-0.2, -0.15) is 0 Å². The zero-order valence-electron chi connectivity index (χ0n) is 9.65. The van der Waals surface area contributed by atoms with Gasteiger partial charge in [-0.1, -0.05) is 0 Å². The van der Waals surface area contributed by atoms with Gasteiger partial charge in [0.2, 0.25) is 0 Å². The highest BCUT2D eigenvalue weighted by Gasteiger charge is 2.27. The summed E-state index contributed by atoms with van der Waals surface area (Å²) in [5.41, 5.74) is 2.59. The molecule has 1 aromatic rings. The summed E-state index contributed by atoms with van der Waals surface area (Å²) in [6.45, 7) is 1.56. The molecule has 1 aliphatic heterocycles. The number of nitrogen functional groups attached to an aromatic ring is 1. The molecule has 0 bridgehead atoms. The van der Waals surface area contributed by atoms with Gasteiger partial charge in [-0.15, -0.1) is 0 Å². The van der Waals surface area contributed by atoms with Gasteiger partial charge in [-0.05, 0) is 19.3 Å². The number of nitrogens with two attached hydrogens (primary N) is 1. The van der Waals surface area contributed by atoms with E-state index in [0.717, 1.165) is 31.3 Å². The second-order valence-electron chi connectivity index (χ2n) is 4.62. The summed E-state index contributed by atoms with van der Waals surface area (Å²) in [6, 6.07) is 2.19. The number of nitrogens with one attached hydrogen (secondary N) is 2. The lowest BCUT2D eigenvalue weighted by Crippen LogP contribution is -2.21. The summed E-state index contributed by atoms with van der Waals surface area (Å²) in [6.07, 6.45) is 3.38. The Kier molecular flexibility index (Phi) is 2.82. The molecule has 0 spiro atoms. The zero-order chi connectivity index (χ0) is 11.7. The number of rotatable bonds is 4. The molecule has 4 N–H and O–H groups in total. The van der Waals surface area contributed by atoms with Crippen molar-refractivity contribution >= 4 is 11.6 Å². The number of hydrazine groups is 1. The van der Waals surface area contributed by atoms with Crippen LogP contribution in [0.15, 0.2) is 6.07 Å². The van der Waals surface area contributed by atoms with Gasteiger partial charge in [0.05, 0.1) is 12.6 Å². The van der Waals surface area contributed by atoms with Crippen LogP contribution in [0.25, 0.3) is 0 Å². The van der Waals surface area contributed by atoms with Crippen LogP contribution >= 0.6 is 0 Å². The fraction of sp³-hybridized carbons (Fsp3) is 0.636. The summed E-state index contributed by atoms with van der Waals surface area (Å²) in [4.78, 5) is 8.90.